The van der Waals surface area contributed by atoms with Gasteiger partial charge in [0.15, 0.2) is 0 Å². The van der Waals surface area contributed by atoms with Crippen LogP contribution < -0.4 is 0 Å². The average molecular weight is 337 g/mol. The topological polar surface area (TPSA) is 32.7 Å². The molecular weight excluding hydrogens is 310 g/mol. The van der Waals surface area contributed by atoms with Gasteiger partial charge >= 0.3 is 0 Å². The lowest BCUT2D eigenvalue weighted by molar-refractivity contribution is -0.149. The van der Waals surface area contributed by atoms with Gasteiger partial charge in [0.25, 0.3) is 0 Å². The van der Waals surface area contributed by atoms with Gasteiger partial charge in [-0.05, 0) is 36.0 Å². The maximum absolute atomic E-state index is 11.6. The van der Waals surface area contributed by atoms with Crippen molar-refractivity contribution in [3.05, 3.63) is 71.3 Å². The van der Waals surface area contributed by atoms with Gasteiger partial charge in [-0.2, -0.15) is 0 Å². The number of rotatable bonds is 4. The van der Waals surface area contributed by atoms with Crippen LogP contribution in [-0.2, 0) is 23.3 Å². The van der Waals surface area contributed by atoms with E-state index in [4.69, 9.17) is 4.74 Å². The van der Waals surface area contributed by atoms with E-state index in [0.29, 0.717) is 13.2 Å². The van der Waals surface area contributed by atoms with Crippen LogP contribution in [0.4, 0.5) is 0 Å². The van der Waals surface area contributed by atoms with Gasteiger partial charge in [0.05, 0.1) is 18.8 Å². The molecule has 132 valence electrons. The van der Waals surface area contributed by atoms with Crippen molar-refractivity contribution in [3.8, 4) is 0 Å². The van der Waals surface area contributed by atoms with Crippen molar-refractivity contribution >= 4 is 0 Å². The van der Waals surface area contributed by atoms with Crippen molar-refractivity contribution in [2.75, 3.05) is 13.2 Å². The van der Waals surface area contributed by atoms with E-state index in [2.05, 4.69) is 66.4 Å². The number of nitrogens with zero attached hydrogens (tertiary/aromatic N) is 1. The fourth-order valence-corrected chi connectivity index (χ4v) is 4.60. The second-order valence-corrected chi connectivity index (χ2v) is 7.45. The molecule has 2 fully saturated rings. The van der Waals surface area contributed by atoms with Crippen molar-refractivity contribution in [2.24, 2.45) is 0 Å². The summed E-state index contributed by atoms with van der Waals surface area (Å²) in [6, 6.07) is 19.5. The molecule has 2 aromatic carbocycles. The van der Waals surface area contributed by atoms with Crippen LogP contribution in [0, 0.1) is 0 Å². The summed E-state index contributed by atoms with van der Waals surface area (Å²) in [4.78, 5) is 2.54. The highest BCUT2D eigenvalue weighted by Gasteiger charge is 2.47. The first kappa shape index (κ1) is 16.8. The van der Waals surface area contributed by atoms with Crippen molar-refractivity contribution in [2.45, 2.75) is 50.4 Å². The first-order chi connectivity index (χ1) is 12.2. The van der Waals surface area contributed by atoms with E-state index in [1.165, 1.54) is 11.1 Å². The minimum Gasteiger partial charge on any atom is -0.385 e. The molecule has 4 rings (SSSR count). The molecule has 1 N–H and O–H groups in total. The van der Waals surface area contributed by atoms with E-state index >= 15 is 0 Å². The molecule has 2 aromatic rings. The van der Waals surface area contributed by atoms with Crippen molar-refractivity contribution in [1.29, 1.82) is 0 Å². The zero-order valence-corrected chi connectivity index (χ0v) is 14.9. The predicted molar refractivity (Wildman–Crippen MR) is 99.3 cm³/mol. The monoisotopic (exact) mass is 337 g/mol. The number of hydrogen-bond donors (Lipinski definition) is 1. The summed E-state index contributed by atoms with van der Waals surface area (Å²) in [5, 5.41) is 11.6. The lowest BCUT2D eigenvalue weighted by Gasteiger charge is -2.52. The SMILES string of the molecule is CCc1ccccc1C1(O)CC2COCC(C1)N2Cc1ccccc1. The summed E-state index contributed by atoms with van der Waals surface area (Å²) in [5.74, 6) is 0. The molecule has 0 aromatic heterocycles. The van der Waals surface area contributed by atoms with Gasteiger partial charge in [-0.15, -0.1) is 0 Å². The third kappa shape index (κ3) is 3.24. The molecule has 3 heteroatoms. The zero-order valence-electron chi connectivity index (χ0n) is 14.9. The van der Waals surface area contributed by atoms with Gasteiger partial charge in [0, 0.05) is 18.6 Å². The molecule has 0 saturated carbocycles. The molecule has 2 bridgehead atoms. The van der Waals surface area contributed by atoms with E-state index in [1.807, 2.05) is 0 Å². The standard InChI is InChI=1S/C22H27NO2/c1-2-18-10-6-7-11-21(18)22(24)12-19-15-25-16-20(13-22)23(19)14-17-8-4-3-5-9-17/h3-11,19-20,24H,2,12-16H2,1H3. The second kappa shape index (κ2) is 6.91. The summed E-state index contributed by atoms with van der Waals surface area (Å²) in [5.41, 5.74) is 2.98. The van der Waals surface area contributed by atoms with Gasteiger partial charge < -0.3 is 9.84 Å². The molecule has 0 amide bonds. The van der Waals surface area contributed by atoms with E-state index in [1.54, 1.807) is 0 Å². The number of hydrogen-bond acceptors (Lipinski definition) is 3. The third-order valence-corrected chi connectivity index (χ3v) is 5.81. The number of aliphatic hydroxyl groups is 1. The first-order valence-electron chi connectivity index (χ1n) is 9.38. The molecule has 0 radical (unpaired) electrons. The first-order valence-corrected chi connectivity index (χ1v) is 9.38. The Morgan fingerprint density at radius 1 is 1.00 bits per heavy atom. The molecule has 2 unspecified atom stereocenters. The van der Waals surface area contributed by atoms with Crippen LogP contribution in [0.25, 0.3) is 0 Å². The molecule has 2 aliphatic rings. The van der Waals surface area contributed by atoms with Gasteiger partial charge in [-0.1, -0.05) is 61.5 Å². The quantitative estimate of drug-likeness (QED) is 0.927. The normalized spacial score (nSPS) is 29.5. The number of aryl methyl sites for hydroxylation is 1. The molecule has 0 aliphatic carbocycles. The third-order valence-electron chi connectivity index (χ3n) is 5.81. The Hall–Kier alpha value is -1.68. The Morgan fingerprint density at radius 3 is 2.32 bits per heavy atom. The number of fused-ring (bicyclic) bond motifs is 2. The molecule has 25 heavy (non-hydrogen) atoms. The zero-order chi connectivity index (χ0) is 17.3. The molecule has 0 spiro atoms. The van der Waals surface area contributed by atoms with E-state index in [9.17, 15) is 5.11 Å². The molecule has 3 nitrogen and oxygen atoms in total. The Kier molecular flexibility index (Phi) is 4.63. The average Bonchev–Trinajstić information content (AvgIpc) is 2.63. The Labute approximate surface area is 150 Å². The Morgan fingerprint density at radius 2 is 1.64 bits per heavy atom. The minimum absolute atomic E-state index is 0.266. The molecule has 2 atom stereocenters. The summed E-state index contributed by atoms with van der Waals surface area (Å²) in [7, 11) is 0. The highest BCUT2D eigenvalue weighted by molar-refractivity contribution is 5.34. The van der Waals surface area contributed by atoms with Crippen LogP contribution in [0.15, 0.2) is 54.6 Å². The van der Waals surface area contributed by atoms with Crippen LogP contribution in [0.2, 0.25) is 0 Å². The summed E-state index contributed by atoms with van der Waals surface area (Å²) < 4.78 is 5.84. The van der Waals surface area contributed by atoms with Crippen LogP contribution in [-0.4, -0.2) is 35.3 Å². The largest absolute Gasteiger partial charge is 0.385 e. The number of piperidine rings is 1. The van der Waals surface area contributed by atoms with Crippen LogP contribution >= 0.6 is 0 Å². The van der Waals surface area contributed by atoms with Crippen molar-refractivity contribution in [3.63, 3.8) is 0 Å². The van der Waals surface area contributed by atoms with E-state index in [0.717, 1.165) is 31.4 Å². The fraction of sp³-hybridized carbons (Fsp3) is 0.455. The number of morpholine rings is 1. The second-order valence-electron chi connectivity index (χ2n) is 7.45. The lowest BCUT2D eigenvalue weighted by Crippen LogP contribution is -2.60. The fourth-order valence-electron chi connectivity index (χ4n) is 4.60. The minimum atomic E-state index is -0.737. The summed E-state index contributed by atoms with van der Waals surface area (Å²) in [6.45, 7) is 4.52. The smallest absolute Gasteiger partial charge is 0.0930 e. The van der Waals surface area contributed by atoms with E-state index in [-0.39, 0.29) is 12.1 Å². The highest BCUT2D eigenvalue weighted by atomic mass is 16.5. The van der Waals surface area contributed by atoms with Gasteiger partial charge in [0.2, 0.25) is 0 Å². The maximum atomic E-state index is 11.6. The van der Waals surface area contributed by atoms with Crippen LogP contribution in [0.1, 0.15) is 36.5 Å². The van der Waals surface area contributed by atoms with Crippen LogP contribution in [0.5, 0.6) is 0 Å². The van der Waals surface area contributed by atoms with Gasteiger partial charge in [0.1, 0.15) is 0 Å². The van der Waals surface area contributed by atoms with Gasteiger partial charge in [-0.25, -0.2) is 0 Å². The Bertz CT molecular complexity index is 701. The summed E-state index contributed by atoms with van der Waals surface area (Å²) >= 11 is 0. The van der Waals surface area contributed by atoms with Crippen LogP contribution in [0.3, 0.4) is 0 Å². The maximum Gasteiger partial charge on any atom is 0.0930 e. The molecule has 2 saturated heterocycles. The summed E-state index contributed by atoms with van der Waals surface area (Å²) in [6.07, 6.45) is 2.44. The van der Waals surface area contributed by atoms with Gasteiger partial charge in [-0.3, -0.25) is 4.90 Å². The molecule has 2 heterocycles. The highest BCUT2D eigenvalue weighted by Crippen LogP contribution is 2.42. The van der Waals surface area contributed by atoms with Crippen molar-refractivity contribution < 1.29 is 9.84 Å². The lowest BCUT2D eigenvalue weighted by atomic mass is 9.75. The predicted octanol–water partition coefficient (Wildman–Crippen LogP) is 3.50. The molecule has 2 aliphatic heterocycles. The van der Waals surface area contributed by atoms with E-state index < -0.39 is 5.60 Å². The number of ether oxygens (including phenoxy) is 1. The van der Waals surface area contributed by atoms with Crippen molar-refractivity contribution in [1.82, 2.24) is 4.90 Å². The molecular formula is C22H27NO2. The Balaban J connectivity index is 1.60. The number of benzene rings is 2.